The lowest BCUT2D eigenvalue weighted by Gasteiger charge is -2.23. The molecule has 2 aliphatic rings. The van der Waals surface area contributed by atoms with Gasteiger partial charge in [0.1, 0.15) is 0 Å². The fourth-order valence-electron chi connectivity index (χ4n) is 12.4. The molecule has 11 aromatic rings. The Kier molecular flexibility index (Phi) is 8.02. The van der Waals surface area contributed by atoms with Gasteiger partial charge in [0.15, 0.2) is 0 Å². The van der Waals surface area contributed by atoms with Crippen LogP contribution in [0.15, 0.2) is 176 Å². The fourth-order valence-corrected chi connectivity index (χ4v) is 12.4. The van der Waals surface area contributed by atoms with Crippen LogP contribution in [0.5, 0.6) is 0 Å². The van der Waals surface area contributed by atoms with Gasteiger partial charge in [-0.25, -0.2) is 0 Å². The van der Waals surface area contributed by atoms with Crippen molar-refractivity contribution >= 4 is 43.6 Å². The Balaban J connectivity index is 1.15. The van der Waals surface area contributed by atoms with Crippen molar-refractivity contribution in [2.75, 3.05) is 0 Å². The van der Waals surface area contributed by atoms with E-state index in [0.717, 1.165) is 61.3 Å². The lowest BCUT2D eigenvalue weighted by atomic mass is 9.80. The molecule has 0 N–H and O–H groups in total. The molecule has 0 amide bonds. The summed E-state index contributed by atoms with van der Waals surface area (Å²) in [7, 11) is 0. The van der Waals surface area contributed by atoms with Gasteiger partial charge in [-0.2, -0.15) is 10.5 Å². The number of hydrogen-bond acceptors (Lipinski definition) is 2. The number of aromatic nitrogens is 2. The van der Waals surface area contributed by atoms with Crippen LogP contribution in [0, 0.1) is 29.6 Å². The zero-order valence-electron chi connectivity index (χ0n) is 38.0. The zero-order valence-corrected chi connectivity index (χ0v) is 38.0. The number of para-hydroxylation sites is 2. The maximum absolute atomic E-state index is 10.6. The molecule has 0 saturated heterocycles. The SMILES string of the molecule is Cc1cc(C#N)ccc1-c1ccc(-n2c3ccccc3c3c4c(ccc32)-c2ccccc2C4(C)C)c(-c2ccc(C#N)cc2-n2c3ccccc3c3c4c(ccc32)-c2ccccc2C4(C)C)c1. The Morgan fingerprint density at radius 1 is 0.388 bits per heavy atom. The van der Waals surface area contributed by atoms with E-state index in [0.29, 0.717) is 11.1 Å². The van der Waals surface area contributed by atoms with Crippen molar-refractivity contribution in [1.82, 2.24) is 9.13 Å². The zero-order chi connectivity index (χ0) is 45.5. The molecule has 13 rings (SSSR count). The summed E-state index contributed by atoms with van der Waals surface area (Å²) in [5, 5.41) is 25.4. The summed E-state index contributed by atoms with van der Waals surface area (Å²) in [6, 6.07) is 68.4. The summed E-state index contributed by atoms with van der Waals surface area (Å²) < 4.78 is 4.87. The Morgan fingerprint density at radius 3 is 1.42 bits per heavy atom. The van der Waals surface area contributed by atoms with Crippen molar-refractivity contribution in [3.8, 4) is 68.0 Å². The average Bonchev–Trinajstić information content (AvgIpc) is 4.02. The van der Waals surface area contributed by atoms with Gasteiger partial charge in [0.2, 0.25) is 0 Å². The first kappa shape index (κ1) is 39.0. The fraction of sp³-hybridized carbons (Fsp3) is 0.111. The van der Waals surface area contributed by atoms with Crippen LogP contribution in [0.25, 0.3) is 99.5 Å². The van der Waals surface area contributed by atoms with Gasteiger partial charge in [0.05, 0.1) is 56.7 Å². The van der Waals surface area contributed by atoms with Gasteiger partial charge in [-0.15, -0.1) is 0 Å². The Labute approximate surface area is 389 Å². The number of nitriles is 2. The second-order valence-corrected chi connectivity index (χ2v) is 19.5. The number of rotatable bonds is 4. The van der Waals surface area contributed by atoms with Crippen LogP contribution in [-0.4, -0.2) is 9.13 Å². The third kappa shape index (κ3) is 5.22. The summed E-state index contributed by atoms with van der Waals surface area (Å²) in [6.45, 7) is 11.5. The smallest absolute Gasteiger partial charge is 0.0992 e. The average molecular weight is 857 g/mol. The van der Waals surface area contributed by atoms with E-state index in [-0.39, 0.29) is 10.8 Å². The molecule has 4 nitrogen and oxygen atoms in total. The van der Waals surface area contributed by atoms with Gasteiger partial charge in [0.25, 0.3) is 0 Å². The Morgan fingerprint density at radius 2 is 0.866 bits per heavy atom. The summed E-state index contributed by atoms with van der Waals surface area (Å²) in [4.78, 5) is 0. The minimum absolute atomic E-state index is 0.215. The molecule has 4 heteroatoms. The van der Waals surface area contributed by atoms with Crippen molar-refractivity contribution in [2.24, 2.45) is 0 Å². The molecule has 2 heterocycles. The molecule has 0 fully saturated rings. The maximum Gasteiger partial charge on any atom is 0.0992 e. The van der Waals surface area contributed by atoms with E-state index in [1.165, 1.54) is 66.1 Å². The van der Waals surface area contributed by atoms with E-state index in [1.807, 2.05) is 18.2 Å². The molecular weight excluding hydrogens is 813 g/mol. The minimum Gasteiger partial charge on any atom is -0.309 e. The van der Waals surface area contributed by atoms with Crippen LogP contribution in [-0.2, 0) is 10.8 Å². The highest BCUT2D eigenvalue weighted by atomic mass is 15.0. The minimum atomic E-state index is -0.231. The highest BCUT2D eigenvalue weighted by Gasteiger charge is 2.40. The molecule has 0 spiro atoms. The monoisotopic (exact) mass is 856 g/mol. The molecule has 0 saturated carbocycles. The van der Waals surface area contributed by atoms with Gasteiger partial charge < -0.3 is 9.13 Å². The number of fused-ring (bicyclic) bond motifs is 14. The van der Waals surface area contributed by atoms with Gasteiger partial charge >= 0.3 is 0 Å². The van der Waals surface area contributed by atoms with Crippen LogP contribution in [0.4, 0.5) is 0 Å². The number of hydrogen-bond donors (Lipinski definition) is 0. The Hall–Kier alpha value is -8.44. The highest BCUT2D eigenvalue weighted by Crippen LogP contribution is 2.55. The van der Waals surface area contributed by atoms with Gasteiger partial charge in [-0.05, 0) is 129 Å². The standard InChI is InChI=1S/C63H44N4/c1-37-32-38(35-64)22-25-41(37)40-24-29-54(66-52-20-12-8-16-47(52)58-55(66)30-27-45-42-14-6-10-18-50(42)62(2,3)60(45)58)49(34-40)44-26-23-39(36-65)33-57(44)67-53-21-13-9-17-48(53)59-56(67)31-28-46-43-15-7-11-19-51(43)63(4,5)61(46)59/h6-34H,1-5H3. The molecule has 67 heavy (non-hydrogen) atoms. The van der Waals surface area contributed by atoms with Crippen LogP contribution < -0.4 is 0 Å². The molecule has 0 aliphatic heterocycles. The number of aryl methyl sites for hydroxylation is 1. The van der Waals surface area contributed by atoms with E-state index in [2.05, 4.69) is 214 Å². The summed E-state index contributed by atoms with van der Waals surface area (Å²) in [5.74, 6) is 0. The van der Waals surface area contributed by atoms with Gasteiger partial charge in [-0.3, -0.25) is 0 Å². The quantitative estimate of drug-likeness (QED) is 0.177. The molecular formula is C63H44N4. The van der Waals surface area contributed by atoms with Crippen LogP contribution in [0.1, 0.15) is 66.6 Å². The van der Waals surface area contributed by atoms with E-state index in [9.17, 15) is 10.5 Å². The third-order valence-corrected chi connectivity index (χ3v) is 15.3. The van der Waals surface area contributed by atoms with Gasteiger partial charge in [0, 0.05) is 43.5 Å². The normalized spacial score (nSPS) is 14.0. The van der Waals surface area contributed by atoms with E-state index in [4.69, 9.17) is 0 Å². The predicted molar refractivity (Wildman–Crippen MR) is 275 cm³/mol. The van der Waals surface area contributed by atoms with Crippen molar-refractivity contribution < 1.29 is 0 Å². The molecule has 0 unspecified atom stereocenters. The summed E-state index contributed by atoms with van der Waals surface area (Å²) in [5.41, 5.74) is 23.0. The van der Waals surface area contributed by atoms with E-state index < -0.39 is 0 Å². The summed E-state index contributed by atoms with van der Waals surface area (Å²) >= 11 is 0. The molecule has 0 atom stereocenters. The lowest BCUT2D eigenvalue weighted by Crippen LogP contribution is -2.15. The molecule has 2 aromatic heterocycles. The maximum atomic E-state index is 10.6. The summed E-state index contributed by atoms with van der Waals surface area (Å²) in [6.07, 6.45) is 0. The molecule has 9 aromatic carbocycles. The Bertz CT molecular complexity index is 4080. The first-order chi connectivity index (χ1) is 32.6. The van der Waals surface area contributed by atoms with E-state index in [1.54, 1.807) is 0 Å². The first-order valence-electron chi connectivity index (χ1n) is 23.1. The molecule has 2 aliphatic carbocycles. The van der Waals surface area contributed by atoms with E-state index >= 15 is 0 Å². The van der Waals surface area contributed by atoms with Crippen molar-refractivity contribution in [2.45, 2.75) is 45.4 Å². The van der Waals surface area contributed by atoms with Crippen LogP contribution >= 0.6 is 0 Å². The number of nitrogens with zero attached hydrogens (tertiary/aromatic N) is 4. The van der Waals surface area contributed by atoms with Gasteiger partial charge in [-0.1, -0.05) is 143 Å². The molecule has 0 bridgehead atoms. The topological polar surface area (TPSA) is 57.4 Å². The highest BCUT2D eigenvalue weighted by molar-refractivity contribution is 6.16. The largest absolute Gasteiger partial charge is 0.309 e. The second kappa shape index (κ2) is 13.8. The van der Waals surface area contributed by atoms with Crippen LogP contribution in [0.2, 0.25) is 0 Å². The van der Waals surface area contributed by atoms with Crippen molar-refractivity contribution in [1.29, 1.82) is 10.5 Å². The van der Waals surface area contributed by atoms with Crippen LogP contribution in [0.3, 0.4) is 0 Å². The van der Waals surface area contributed by atoms with Crippen molar-refractivity contribution in [3.63, 3.8) is 0 Å². The first-order valence-corrected chi connectivity index (χ1v) is 23.1. The number of benzene rings is 9. The second-order valence-electron chi connectivity index (χ2n) is 19.5. The lowest BCUT2D eigenvalue weighted by molar-refractivity contribution is 0.666. The van der Waals surface area contributed by atoms with Crippen molar-refractivity contribution in [3.05, 3.63) is 215 Å². The predicted octanol–water partition coefficient (Wildman–Crippen LogP) is 15.9. The third-order valence-electron chi connectivity index (χ3n) is 15.3. The molecule has 316 valence electrons. The molecule has 0 radical (unpaired) electrons.